The molecule has 0 unspecified atom stereocenters. The van der Waals surface area contributed by atoms with Crippen LogP contribution in [0.1, 0.15) is 26.2 Å². The second-order valence-electron chi connectivity index (χ2n) is 3.65. The zero-order valence-electron chi connectivity index (χ0n) is 7.13. The van der Waals surface area contributed by atoms with Crippen molar-refractivity contribution in [2.45, 2.75) is 26.2 Å². The minimum absolute atomic E-state index is 0.209. The Morgan fingerprint density at radius 1 is 1.50 bits per heavy atom. The summed E-state index contributed by atoms with van der Waals surface area (Å²) in [6.45, 7) is 1.90. The lowest BCUT2D eigenvalue weighted by Crippen LogP contribution is -1.91. The van der Waals surface area contributed by atoms with Crippen LogP contribution >= 0.6 is 0 Å². The summed E-state index contributed by atoms with van der Waals surface area (Å²) < 4.78 is 0. The van der Waals surface area contributed by atoms with Crippen molar-refractivity contribution >= 4 is 5.78 Å². The van der Waals surface area contributed by atoms with Crippen LogP contribution in [-0.4, -0.2) is 5.78 Å². The van der Waals surface area contributed by atoms with Crippen molar-refractivity contribution in [2.75, 3.05) is 0 Å². The molecule has 0 N–H and O–H groups in total. The molecule has 12 heavy (non-hydrogen) atoms. The van der Waals surface area contributed by atoms with Gasteiger partial charge in [-0.25, -0.2) is 0 Å². The number of carbonyl (C=O) groups excluding carboxylic acids is 1. The Balaban J connectivity index is 2.17. The van der Waals surface area contributed by atoms with E-state index in [1.807, 2.05) is 6.92 Å². The van der Waals surface area contributed by atoms with Gasteiger partial charge in [0.2, 0.25) is 0 Å². The normalized spacial score (nSPS) is 33.8. The van der Waals surface area contributed by atoms with Gasteiger partial charge in [-0.15, -0.1) is 0 Å². The van der Waals surface area contributed by atoms with Gasteiger partial charge in [0.05, 0.1) is 12.0 Å². The van der Waals surface area contributed by atoms with E-state index in [1.54, 1.807) is 0 Å². The van der Waals surface area contributed by atoms with Crippen LogP contribution in [0.3, 0.4) is 0 Å². The minimum Gasteiger partial charge on any atom is -0.295 e. The molecule has 0 saturated heterocycles. The molecule has 0 aliphatic heterocycles. The van der Waals surface area contributed by atoms with E-state index in [2.05, 4.69) is 6.07 Å². The average Bonchev–Trinajstić information content (AvgIpc) is 2.77. The van der Waals surface area contributed by atoms with Crippen molar-refractivity contribution in [3.8, 4) is 6.07 Å². The van der Waals surface area contributed by atoms with E-state index >= 15 is 0 Å². The highest BCUT2D eigenvalue weighted by Crippen LogP contribution is 2.48. The molecule has 0 bridgehead atoms. The second-order valence-corrected chi connectivity index (χ2v) is 3.65. The molecule has 2 heteroatoms. The van der Waals surface area contributed by atoms with Gasteiger partial charge in [-0.05, 0) is 31.3 Å². The van der Waals surface area contributed by atoms with Gasteiger partial charge in [0, 0.05) is 6.42 Å². The van der Waals surface area contributed by atoms with Gasteiger partial charge in [0.15, 0.2) is 5.78 Å². The Morgan fingerprint density at radius 3 is 2.67 bits per heavy atom. The summed E-state index contributed by atoms with van der Waals surface area (Å²) in [7, 11) is 0. The van der Waals surface area contributed by atoms with Crippen LogP contribution in [0.25, 0.3) is 0 Å². The first-order valence-corrected chi connectivity index (χ1v) is 4.36. The Kier molecular flexibility index (Phi) is 1.54. The van der Waals surface area contributed by atoms with E-state index in [0.717, 1.165) is 18.4 Å². The van der Waals surface area contributed by atoms with E-state index in [9.17, 15) is 4.79 Å². The molecule has 0 amide bonds. The van der Waals surface area contributed by atoms with Crippen molar-refractivity contribution in [3.63, 3.8) is 0 Å². The molecule has 0 heterocycles. The largest absolute Gasteiger partial charge is 0.295 e. The van der Waals surface area contributed by atoms with E-state index in [0.29, 0.717) is 12.3 Å². The number of hydrogen-bond acceptors (Lipinski definition) is 2. The van der Waals surface area contributed by atoms with E-state index in [4.69, 9.17) is 5.26 Å². The number of nitrogens with zero attached hydrogens (tertiary/aromatic N) is 1. The summed E-state index contributed by atoms with van der Waals surface area (Å²) in [6, 6.07) is 2.26. The third-order valence-corrected chi connectivity index (χ3v) is 2.93. The van der Waals surface area contributed by atoms with Crippen LogP contribution in [0, 0.1) is 23.2 Å². The molecule has 1 fully saturated rings. The molecule has 62 valence electrons. The minimum atomic E-state index is 0.209. The maximum Gasteiger partial charge on any atom is 0.158 e. The monoisotopic (exact) mass is 161 g/mol. The highest BCUT2D eigenvalue weighted by atomic mass is 16.1. The van der Waals surface area contributed by atoms with Crippen LogP contribution in [0.5, 0.6) is 0 Å². The summed E-state index contributed by atoms with van der Waals surface area (Å²) in [6.07, 6.45) is 2.57. The number of rotatable bonds is 1. The van der Waals surface area contributed by atoms with Gasteiger partial charge >= 0.3 is 0 Å². The number of ketones is 1. The first kappa shape index (κ1) is 7.54. The maximum absolute atomic E-state index is 11.2. The summed E-state index contributed by atoms with van der Waals surface area (Å²) in [4.78, 5) is 11.2. The fourth-order valence-corrected chi connectivity index (χ4v) is 1.99. The predicted molar refractivity (Wildman–Crippen MR) is 44.2 cm³/mol. The van der Waals surface area contributed by atoms with Crippen LogP contribution < -0.4 is 0 Å². The Bertz CT molecular complexity index is 308. The first-order chi connectivity index (χ1) is 5.74. The second kappa shape index (κ2) is 2.45. The molecule has 2 atom stereocenters. The van der Waals surface area contributed by atoms with Gasteiger partial charge in [-0.2, -0.15) is 5.26 Å². The maximum atomic E-state index is 11.2. The van der Waals surface area contributed by atoms with Gasteiger partial charge in [-0.3, -0.25) is 4.79 Å². The lowest BCUT2D eigenvalue weighted by Gasteiger charge is -1.97. The third-order valence-electron chi connectivity index (χ3n) is 2.93. The fourth-order valence-electron chi connectivity index (χ4n) is 1.99. The molecule has 0 radical (unpaired) electrons. The van der Waals surface area contributed by atoms with E-state index in [-0.39, 0.29) is 11.7 Å². The lowest BCUT2D eigenvalue weighted by atomic mass is 10.1. The molecule has 2 nitrogen and oxygen atoms in total. The predicted octanol–water partition coefficient (Wildman–Crippen LogP) is 1.83. The van der Waals surface area contributed by atoms with Gasteiger partial charge < -0.3 is 0 Å². The lowest BCUT2D eigenvalue weighted by molar-refractivity contribution is -0.114. The standard InChI is InChI=1S/C10H11NO/c1-6-8(2-3-10(6)12)9-4-7(9)5-11/h7,9H,2-4H2,1H3/t7-,9+/m0/s1. The van der Waals surface area contributed by atoms with Crippen molar-refractivity contribution in [2.24, 2.45) is 11.8 Å². The smallest absolute Gasteiger partial charge is 0.158 e. The average molecular weight is 161 g/mol. The van der Waals surface area contributed by atoms with E-state index in [1.165, 1.54) is 5.57 Å². The molecule has 0 spiro atoms. The quantitative estimate of drug-likeness (QED) is 0.588. The van der Waals surface area contributed by atoms with E-state index < -0.39 is 0 Å². The van der Waals surface area contributed by atoms with Crippen molar-refractivity contribution < 1.29 is 4.79 Å². The van der Waals surface area contributed by atoms with Crippen LogP contribution in [0.15, 0.2) is 11.1 Å². The highest BCUT2D eigenvalue weighted by molar-refractivity contribution is 5.98. The van der Waals surface area contributed by atoms with Gasteiger partial charge in [0.1, 0.15) is 0 Å². The Labute approximate surface area is 71.9 Å². The molecular weight excluding hydrogens is 150 g/mol. The number of hydrogen-bond donors (Lipinski definition) is 0. The zero-order valence-corrected chi connectivity index (χ0v) is 7.13. The Hall–Kier alpha value is -1.10. The zero-order chi connectivity index (χ0) is 8.72. The first-order valence-electron chi connectivity index (χ1n) is 4.36. The molecule has 2 aliphatic rings. The topological polar surface area (TPSA) is 40.9 Å². The molecule has 0 aromatic carbocycles. The number of allylic oxidation sites excluding steroid dienone is 2. The molecule has 0 aromatic heterocycles. The summed E-state index contributed by atoms with van der Waals surface area (Å²) in [5.41, 5.74) is 2.21. The molecular formula is C10H11NO. The number of Topliss-reactive ketones (excluding diaryl/α,β-unsaturated/α-hetero) is 1. The molecule has 2 aliphatic carbocycles. The number of carbonyl (C=O) groups is 1. The van der Waals surface area contributed by atoms with Gasteiger partial charge in [0.25, 0.3) is 0 Å². The number of nitriles is 1. The summed E-state index contributed by atoms with van der Waals surface area (Å²) in [5.74, 6) is 0.927. The van der Waals surface area contributed by atoms with Crippen molar-refractivity contribution in [1.29, 1.82) is 5.26 Å². The molecule has 2 rings (SSSR count). The van der Waals surface area contributed by atoms with Crippen LogP contribution in [0.2, 0.25) is 0 Å². The van der Waals surface area contributed by atoms with Crippen LogP contribution in [-0.2, 0) is 4.79 Å². The third kappa shape index (κ3) is 0.972. The molecule has 0 aromatic rings. The molecule has 1 saturated carbocycles. The van der Waals surface area contributed by atoms with Crippen molar-refractivity contribution in [1.82, 2.24) is 0 Å². The van der Waals surface area contributed by atoms with Crippen molar-refractivity contribution in [3.05, 3.63) is 11.1 Å². The van der Waals surface area contributed by atoms with Gasteiger partial charge in [-0.1, -0.05) is 5.57 Å². The summed E-state index contributed by atoms with van der Waals surface area (Å²) >= 11 is 0. The highest BCUT2D eigenvalue weighted by Gasteiger charge is 2.42. The summed E-state index contributed by atoms with van der Waals surface area (Å²) in [5, 5.41) is 8.63. The SMILES string of the molecule is CC1=C([C@@H]2C[C@H]2C#N)CCC1=O. The Morgan fingerprint density at radius 2 is 2.25 bits per heavy atom. The van der Waals surface area contributed by atoms with Crippen LogP contribution in [0.4, 0.5) is 0 Å². The fraction of sp³-hybridized carbons (Fsp3) is 0.600.